The Hall–Kier alpha value is -1.92. The minimum Gasteiger partial charge on any atom is -0.489 e. The van der Waals surface area contributed by atoms with Gasteiger partial charge in [-0.2, -0.15) is 0 Å². The highest BCUT2D eigenvalue weighted by atomic mass is 19.1. The van der Waals surface area contributed by atoms with E-state index in [2.05, 4.69) is 17.4 Å². The van der Waals surface area contributed by atoms with Crippen LogP contribution in [-0.2, 0) is 10.2 Å². The maximum atomic E-state index is 13.5. The summed E-state index contributed by atoms with van der Waals surface area (Å²) in [7, 11) is 0. The fourth-order valence-electron chi connectivity index (χ4n) is 6.90. The third kappa shape index (κ3) is 4.10. The standard InChI is InChI=1S/C27H37FN2O3/c28-17-20(18-29)19-33-22-3-1-21(2-4-22)24-5-8-25(9-6-24,10-7-24)23(31)30-26-11-14-27(32,15-12-26)16-13-26/h1-4,17,32H,5-16,18-19,29H2,(H,30,31). The molecule has 6 aliphatic carbocycles. The van der Waals surface area contributed by atoms with E-state index in [-0.39, 0.29) is 35.4 Å². The summed E-state index contributed by atoms with van der Waals surface area (Å²) < 4.78 is 18.3. The number of amides is 1. The van der Waals surface area contributed by atoms with Crippen LogP contribution in [0.2, 0.25) is 0 Å². The molecule has 4 bridgehead atoms. The van der Waals surface area contributed by atoms with Crippen molar-refractivity contribution < 1.29 is 19.0 Å². The van der Waals surface area contributed by atoms with E-state index in [0.717, 1.165) is 82.8 Å². The number of benzene rings is 1. The van der Waals surface area contributed by atoms with Crippen LogP contribution in [0, 0.1) is 5.41 Å². The number of rotatable bonds is 7. The molecule has 33 heavy (non-hydrogen) atoms. The van der Waals surface area contributed by atoms with Gasteiger partial charge in [-0.3, -0.25) is 4.79 Å². The van der Waals surface area contributed by atoms with Gasteiger partial charge >= 0.3 is 0 Å². The molecule has 0 aliphatic heterocycles. The number of fused-ring (bicyclic) bond motifs is 6. The second-order valence-electron chi connectivity index (χ2n) is 11.3. The first-order valence-corrected chi connectivity index (χ1v) is 12.6. The summed E-state index contributed by atoms with van der Waals surface area (Å²) >= 11 is 0. The van der Waals surface area contributed by atoms with E-state index < -0.39 is 5.60 Å². The smallest absolute Gasteiger partial charge is 0.226 e. The summed E-state index contributed by atoms with van der Waals surface area (Å²) in [5.41, 5.74) is 6.61. The number of aliphatic hydroxyl groups is 1. The Labute approximate surface area is 196 Å². The summed E-state index contributed by atoms with van der Waals surface area (Å²) in [6.07, 6.45) is 11.7. The molecular formula is C27H37FN2O3. The molecule has 4 N–H and O–H groups in total. The SMILES string of the molecule is NCC(=CF)COc1ccc(C23CCC(C(=O)NC45CCC(O)(CC4)CC5)(CC2)CC3)cc1. The molecule has 0 spiro atoms. The number of nitrogens with one attached hydrogen (secondary N) is 1. The third-order valence-corrected chi connectivity index (χ3v) is 9.62. The van der Waals surface area contributed by atoms with Crippen LogP contribution in [0.4, 0.5) is 4.39 Å². The van der Waals surface area contributed by atoms with E-state index in [1.54, 1.807) is 0 Å². The van der Waals surface area contributed by atoms with E-state index in [0.29, 0.717) is 11.9 Å². The number of carbonyl (C=O) groups excluding carboxylic acids is 1. The lowest BCUT2D eigenvalue weighted by Crippen LogP contribution is -2.62. The Morgan fingerprint density at radius 2 is 1.55 bits per heavy atom. The summed E-state index contributed by atoms with van der Waals surface area (Å²) in [5, 5.41) is 14.0. The monoisotopic (exact) mass is 456 g/mol. The molecule has 1 aromatic rings. The van der Waals surface area contributed by atoms with Gasteiger partial charge in [0.25, 0.3) is 0 Å². The third-order valence-electron chi connectivity index (χ3n) is 9.62. The van der Waals surface area contributed by atoms with Crippen molar-refractivity contribution in [1.82, 2.24) is 5.32 Å². The zero-order chi connectivity index (χ0) is 23.2. The Morgan fingerprint density at radius 3 is 2.06 bits per heavy atom. The molecular weight excluding hydrogens is 419 g/mol. The molecule has 0 radical (unpaired) electrons. The van der Waals surface area contributed by atoms with Crippen LogP contribution < -0.4 is 15.8 Å². The van der Waals surface area contributed by atoms with Crippen molar-refractivity contribution >= 4 is 5.91 Å². The molecule has 6 saturated carbocycles. The van der Waals surface area contributed by atoms with E-state index in [9.17, 15) is 14.3 Å². The van der Waals surface area contributed by atoms with E-state index in [1.165, 1.54) is 5.56 Å². The van der Waals surface area contributed by atoms with Crippen LogP contribution in [0.25, 0.3) is 0 Å². The molecule has 6 heteroatoms. The number of ether oxygens (including phenoxy) is 1. The van der Waals surface area contributed by atoms with E-state index in [1.807, 2.05) is 12.1 Å². The van der Waals surface area contributed by atoms with Crippen molar-refractivity contribution in [1.29, 1.82) is 0 Å². The van der Waals surface area contributed by atoms with Crippen LogP contribution in [0.5, 0.6) is 5.75 Å². The number of hydrogen-bond donors (Lipinski definition) is 3. The molecule has 0 unspecified atom stereocenters. The van der Waals surface area contributed by atoms with Crippen LogP contribution in [-0.4, -0.2) is 35.3 Å². The highest BCUT2D eigenvalue weighted by Crippen LogP contribution is 2.58. The Balaban J connectivity index is 1.21. The first-order valence-electron chi connectivity index (χ1n) is 12.6. The van der Waals surface area contributed by atoms with Gasteiger partial charge in [0.15, 0.2) is 0 Å². The van der Waals surface area contributed by atoms with Crippen LogP contribution >= 0.6 is 0 Å². The molecule has 0 atom stereocenters. The molecule has 0 aromatic heterocycles. The number of carbonyl (C=O) groups is 1. The first-order chi connectivity index (χ1) is 15.8. The van der Waals surface area contributed by atoms with Gasteiger partial charge in [-0.25, -0.2) is 4.39 Å². The Bertz CT molecular complexity index is 877. The number of nitrogens with two attached hydrogens (primary N) is 1. The number of halogens is 1. The molecule has 0 heterocycles. The van der Waals surface area contributed by atoms with Gasteiger partial charge in [-0.15, -0.1) is 0 Å². The average molecular weight is 457 g/mol. The second kappa shape index (κ2) is 8.38. The number of hydrogen-bond acceptors (Lipinski definition) is 4. The van der Waals surface area contributed by atoms with Crippen molar-refractivity contribution in [2.24, 2.45) is 11.1 Å². The Kier molecular flexibility index (Phi) is 5.81. The minimum absolute atomic E-state index is 0.0841. The van der Waals surface area contributed by atoms with Gasteiger partial charge in [-0.05, 0) is 100 Å². The lowest BCUT2D eigenvalue weighted by atomic mass is 9.51. The predicted octanol–water partition coefficient (Wildman–Crippen LogP) is 4.42. The van der Waals surface area contributed by atoms with E-state index >= 15 is 0 Å². The van der Waals surface area contributed by atoms with Crippen molar-refractivity contribution in [3.05, 3.63) is 41.7 Å². The maximum absolute atomic E-state index is 13.5. The summed E-state index contributed by atoms with van der Waals surface area (Å²) in [6, 6.07) is 8.20. The van der Waals surface area contributed by atoms with Gasteiger partial charge in [0, 0.05) is 23.1 Å². The minimum atomic E-state index is -0.475. The predicted molar refractivity (Wildman–Crippen MR) is 126 cm³/mol. The molecule has 6 fully saturated rings. The lowest BCUT2D eigenvalue weighted by molar-refractivity contribution is -0.144. The van der Waals surface area contributed by atoms with Gasteiger partial charge in [0.2, 0.25) is 5.91 Å². The lowest BCUT2D eigenvalue weighted by Gasteiger charge is -2.55. The van der Waals surface area contributed by atoms with Gasteiger partial charge < -0.3 is 20.9 Å². The van der Waals surface area contributed by atoms with Gasteiger partial charge in [0.05, 0.1) is 11.9 Å². The molecule has 180 valence electrons. The maximum Gasteiger partial charge on any atom is 0.226 e. The summed E-state index contributed by atoms with van der Waals surface area (Å²) in [4.78, 5) is 13.5. The van der Waals surface area contributed by atoms with Gasteiger partial charge in [-0.1, -0.05) is 12.1 Å². The Morgan fingerprint density at radius 1 is 0.970 bits per heavy atom. The zero-order valence-electron chi connectivity index (χ0n) is 19.5. The summed E-state index contributed by atoms with van der Waals surface area (Å²) in [5.74, 6) is 0.984. The average Bonchev–Trinajstić information content (AvgIpc) is 2.87. The quantitative estimate of drug-likeness (QED) is 0.567. The molecule has 0 saturated heterocycles. The highest BCUT2D eigenvalue weighted by Gasteiger charge is 2.55. The van der Waals surface area contributed by atoms with Crippen LogP contribution in [0.15, 0.2) is 36.2 Å². The molecule has 1 aromatic carbocycles. The van der Waals surface area contributed by atoms with E-state index in [4.69, 9.17) is 10.5 Å². The molecule has 5 nitrogen and oxygen atoms in total. The second-order valence-corrected chi connectivity index (χ2v) is 11.3. The topological polar surface area (TPSA) is 84.6 Å². The van der Waals surface area contributed by atoms with Crippen molar-refractivity contribution in [3.63, 3.8) is 0 Å². The van der Waals surface area contributed by atoms with Crippen LogP contribution in [0.1, 0.15) is 82.6 Å². The molecule has 1 amide bonds. The highest BCUT2D eigenvalue weighted by molar-refractivity contribution is 5.84. The normalized spacial score (nSPS) is 37.7. The van der Waals surface area contributed by atoms with Crippen molar-refractivity contribution in [2.45, 2.75) is 93.6 Å². The zero-order valence-corrected chi connectivity index (χ0v) is 19.5. The van der Waals surface area contributed by atoms with Gasteiger partial charge in [0.1, 0.15) is 12.4 Å². The fraction of sp³-hybridized carbons (Fsp3) is 0.667. The summed E-state index contributed by atoms with van der Waals surface area (Å²) in [6.45, 7) is 0.312. The largest absolute Gasteiger partial charge is 0.489 e. The van der Waals surface area contributed by atoms with Crippen LogP contribution in [0.3, 0.4) is 0 Å². The van der Waals surface area contributed by atoms with Crippen molar-refractivity contribution in [2.75, 3.05) is 13.2 Å². The molecule has 7 rings (SSSR count). The first kappa shape index (κ1) is 22.9. The van der Waals surface area contributed by atoms with Crippen molar-refractivity contribution in [3.8, 4) is 5.75 Å². The fourth-order valence-corrected chi connectivity index (χ4v) is 6.90. The molecule has 6 aliphatic rings.